The Labute approximate surface area is 192 Å². The van der Waals surface area contributed by atoms with E-state index in [0.717, 1.165) is 16.8 Å². The van der Waals surface area contributed by atoms with Crippen LogP contribution in [0.25, 0.3) is 0 Å². The van der Waals surface area contributed by atoms with Crippen molar-refractivity contribution in [3.8, 4) is 11.5 Å². The number of carbonyl (C=O) groups excluding carboxylic acids is 2. The van der Waals surface area contributed by atoms with E-state index >= 15 is 0 Å². The molecule has 7 nitrogen and oxygen atoms in total. The molecule has 0 radical (unpaired) electrons. The molecule has 2 saturated heterocycles. The lowest BCUT2D eigenvalue weighted by atomic mass is 9.90. The van der Waals surface area contributed by atoms with Crippen LogP contribution in [0.3, 0.4) is 0 Å². The zero-order valence-electron chi connectivity index (χ0n) is 18.6. The van der Waals surface area contributed by atoms with E-state index in [2.05, 4.69) is 0 Å². The van der Waals surface area contributed by atoms with Gasteiger partial charge in [-0.3, -0.25) is 14.4 Å². The summed E-state index contributed by atoms with van der Waals surface area (Å²) >= 11 is 0. The van der Waals surface area contributed by atoms with Crippen molar-refractivity contribution in [3.05, 3.63) is 83.9 Å². The summed E-state index contributed by atoms with van der Waals surface area (Å²) in [6.45, 7) is 1.92. The van der Waals surface area contributed by atoms with E-state index in [0.29, 0.717) is 17.2 Å². The second-order valence-corrected chi connectivity index (χ2v) is 8.12. The highest BCUT2D eigenvalue weighted by atomic mass is 16.7. The van der Waals surface area contributed by atoms with Gasteiger partial charge in [-0.15, -0.1) is 0 Å². The van der Waals surface area contributed by atoms with Crippen LogP contribution < -0.4 is 19.4 Å². The molecule has 168 valence electrons. The van der Waals surface area contributed by atoms with E-state index < -0.39 is 18.1 Å². The van der Waals surface area contributed by atoms with Gasteiger partial charge in [-0.25, -0.2) is 9.96 Å². The monoisotopic (exact) mass is 444 g/mol. The number of amides is 2. The Morgan fingerprint density at radius 3 is 2.27 bits per heavy atom. The molecule has 33 heavy (non-hydrogen) atoms. The Morgan fingerprint density at radius 2 is 1.58 bits per heavy atom. The first-order chi connectivity index (χ1) is 16.0. The number of methoxy groups -OCH3 is 2. The van der Waals surface area contributed by atoms with Crippen molar-refractivity contribution >= 4 is 23.2 Å². The maximum absolute atomic E-state index is 13.7. The summed E-state index contributed by atoms with van der Waals surface area (Å²) in [5, 5.41) is 1.66. The van der Waals surface area contributed by atoms with Crippen molar-refractivity contribution in [2.24, 2.45) is 5.92 Å². The number of para-hydroxylation sites is 1. The third kappa shape index (κ3) is 3.41. The zero-order chi connectivity index (χ0) is 23.1. The molecule has 2 aliphatic rings. The molecule has 3 aromatic rings. The van der Waals surface area contributed by atoms with Gasteiger partial charge in [0, 0.05) is 11.6 Å². The molecule has 2 heterocycles. The van der Waals surface area contributed by atoms with E-state index in [-0.39, 0.29) is 11.8 Å². The fraction of sp³-hybridized carbons (Fsp3) is 0.231. The SMILES string of the molecule is COc1ccc([C@@H]2[C@H]3C(=O)N(c4cccc(C)c4)C(=O)[C@H]3ON2c2ccccc2)c(OC)c1. The van der Waals surface area contributed by atoms with Crippen molar-refractivity contribution in [2.45, 2.75) is 19.1 Å². The number of anilines is 2. The van der Waals surface area contributed by atoms with Gasteiger partial charge in [-0.1, -0.05) is 30.3 Å². The minimum Gasteiger partial charge on any atom is -0.497 e. The molecule has 0 unspecified atom stereocenters. The van der Waals surface area contributed by atoms with E-state index in [1.165, 1.54) is 4.90 Å². The molecule has 0 aliphatic carbocycles. The Hall–Kier alpha value is -3.84. The van der Waals surface area contributed by atoms with E-state index in [1.54, 1.807) is 31.4 Å². The fourth-order valence-electron chi connectivity index (χ4n) is 4.61. The molecule has 0 saturated carbocycles. The van der Waals surface area contributed by atoms with Gasteiger partial charge >= 0.3 is 0 Å². The quantitative estimate of drug-likeness (QED) is 0.553. The number of hydroxylamine groups is 1. The summed E-state index contributed by atoms with van der Waals surface area (Å²) in [6, 6.07) is 21.7. The molecule has 5 rings (SSSR count). The van der Waals surface area contributed by atoms with Gasteiger partial charge in [0.05, 0.1) is 31.6 Å². The molecule has 0 N–H and O–H groups in total. The lowest BCUT2D eigenvalue weighted by Crippen LogP contribution is -2.37. The third-order valence-corrected chi connectivity index (χ3v) is 6.15. The van der Waals surface area contributed by atoms with Crippen LogP contribution in [0.2, 0.25) is 0 Å². The minimum atomic E-state index is -0.935. The minimum absolute atomic E-state index is 0.295. The summed E-state index contributed by atoms with van der Waals surface area (Å²) in [4.78, 5) is 34.6. The smallest absolute Gasteiger partial charge is 0.266 e. The predicted molar refractivity (Wildman–Crippen MR) is 123 cm³/mol. The maximum Gasteiger partial charge on any atom is 0.266 e. The van der Waals surface area contributed by atoms with Gasteiger partial charge < -0.3 is 9.47 Å². The lowest BCUT2D eigenvalue weighted by molar-refractivity contribution is -0.126. The number of aryl methyl sites for hydroxylation is 1. The summed E-state index contributed by atoms with van der Waals surface area (Å²) < 4.78 is 11.0. The molecule has 0 bridgehead atoms. The van der Waals surface area contributed by atoms with Crippen LogP contribution in [0.1, 0.15) is 17.2 Å². The molecule has 3 aromatic carbocycles. The van der Waals surface area contributed by atoms with Crippen LogP contribution in [-0.2, 0) is 14.4 Å². The van der Waals surface area contributed by atoms with Crippen molar-refractivity contribution in [3.63, 3.8) is 0 Å². The van der Waals surface area contributed by atoms with Crippen molar-refractivity contribution in [2.75, 3.05) is 24.2 Å². The zero-order valence-corrected chi connectivity index (χ0v) is 18.6. The van der Waals surface area contributed by atoms with Crippen LogP contribution in [0.4, 0.5) is 11.4 Å². The third-order valence-electron chi connectivity index (χ3n) is 6.15. The average Bonchev–Trinajstić information content (AvgIpc) is 3.35. The average molecular weight is 444 g/mol. The highest BCUT2D eigenvalue weighted by Crippen LogP contribution is 2.49. The number of ether oxygens (including phenoxy) is 2. The number of rotatable bonds is 5. The summed E-state index contributed by atoms with van der Waals surface area (Å²) in [5.41, 5.74) is 3.00. The molecule has 2 amide bonds. The molecule has 0 spiro atoms. The van der Waals surface area contributed by atoms with Gasteiger partial charge in [0.15, 0.2) is 6.10 Å². The topological polar surface area (TPSA) is 68.3 Å². The second kappa shape index (κ2) is 8.26. The van der Waals surface area contributed by atoms with Crippen LogP contribution in [-0.4, -0.2) is 32.1 Å². The molecule has 3 atom stereocenters. The van der Waals surface area contributed by atoms with Crippen LogP contribution >= 0.6 is 0 Å². The Kier molecular flexibility index (Phi) is 5.26. The molecule has 7 heteroatoms. The van der Waals surface area contributed by atoms with E-state index in [4.69, 9.17) is 14.3 Å². The van der Waals surface area contributed by atoms with Gasteiger partial charge in [-0.2, -0.15) is 0 Å². The first kappa shape index (κ1) is 21.0. The Morgan fingerprint density at radius 1 is 0.818 bits per heavy atom. The summed E-state index contributed by atoms with van der Waals surface area (Å²) in [6.07, 6.45) is -0.935. The molecule has 0 aromatic heterocycles. The number of carbonyl (C=O) groups is 2. The van der Waals surface area contributed by atoms with E-state index in [9.17, 15) is 9.59 Å². The molecular formula is C26H24N2O5. The largest absolute Gasteiger partial charge is 0.497 e. The number of benzene rings is 3. The number of hydrogen-bond acceptors (Lipinski definition) is 6. The Bertz CT molecular complexity index is 1210. The fourth-order valence-corrected chi connectivity index (χ4v) is 4.61. The van der Waals surface area contributed by atoms with Crippen molar-refractivity contribution < 1.29 is 23.9 Å². The summed E-state index contributed by atoms with van der Waals surface area (Å²) in [5.74, 6) is -0.213. The Balaban J connectivity index is 1.62. The first-order valence-corrected chi connectivity index (χ1v) is 10.7. The molecule has 2 aliphatic heterocycles. The number of fused-ring (bicyclic) bond motifs is 1. The first-order valence-electron chi connectivity index (χ1n) is 10.7. The highest BCUT2D eigenvalue weighted by molar-refractivity contribution is 6.24. The standard InChI is InChI=1S/C26H24N2O5/c1-16-8-7-11-18(14-16)27-25(29)22-23(20-13-12-19(31-2)15-21(20)32-3)28(33-24(22)26(27)30)17-9-5-4-6-10-17/h4-15,22-24H,1-3H3/t22-,23-,24+/m1/s1. The lowest BCUT2D eigenvalue weighted by Gasteiger charge is -2.29. The summed E-state index contributed by atoms with van der Waals surface area (Å²) in [7, 11) is 3.15. The molecular weight excluding hydrogens is 420 g/mol. The normalized spacial score (nSPS) is 22.0. The highest BCUT2D eigenvalue weighted by Gasteiger charge is 2.60. The van der Waals surface area contributed by atoms with E-state index in [1.807, 2.05) is 67.6 Å². The predicted octanol–water partition coefficient (Wildman–Crippen LogP) is 4.06. The number of nitrogens with zero attached hydrogens (tertiary/aromatic N) is 2. The van der Waals surface area contributed by atoms with Crippen LogP contribution in [0.5, 0.6) is 11.5 Å². The number of imide groups is 1. The molecule has 2 fully saturated rings. The van der Waals surface area contributed by atoms with Crippen molar-refractivity contribution in [1.82, 2.24) is 0 Å². The second-order valence-electron chi connectivity index (χ2n) is 8.12. The van der Waals surface area contributed by atoms with Crippen LogP contribution in [0, 0.1) is 12.8 Å². The van der Waals surface area contributed by atoms with Gasteiger partial charge in [0.25, 0.3) is 5.91 Å². The maximum atomic E-state index is 13.7. The van der Waals surface area contributed by atoms with Gasteiger partial charge in [0.1, 0.15) is 17.4 Å². The van der Waals surface area contributed by atoms with Crippen molar-refractivity contribution in [1.29, 1.82) is 0 Å². The number of hydrogen-bond donors (Lipinski definition) is 0. The van der Waals surface area contributed by atoms with Gasteiger partial charge in [-0.05, 0) is 48.9 Å². The van der Waals surface area contributed by atoms with Crippen LogP contribution in [0.15, 0.2) is 72.8 Å². The van der Waals surface area contributed by atoms with Gasteiger partial charge in [0.2, 0.25) is 5.91 Å².